The van der Waals surface area contributed by atoms with Crippen LogP contribution >= 0.6 is 0 Å². The highest BCUT2D eigenvalue weighted by molar-refractivity contribution is 5.91. The zero-order chi connectivity index (χ0) is 56.3. The van der Waals surface area contributed by atoms with E-state index in [9.17, 15) is 25.2 Å². The molecule has 82 heavy (non-hydrogen) atoms. The lowest BCUT2D eigenvalue weighted by Gasteiger charge is -2.54. The van der Waals surface area contributed by atoms with Crippen LogP contribution in [-0.4, -0.2) is 70.7 Å². The van der Waals surface area contributed by atoms with Gasteiger partial charge >= 0.3 is 17.6 Å². The highest BCUT2D eigenvalue weighted by Crippen LogP contribution is 2.61. The summed E-state index contributed by atoms with van der Waals surface area (Å²) in [6.07, 6.45) is 24.8. The number of esters is 2. The summed E-state index contributed by atoms with van der Waals surface area (Å²) in [5.74, 6) is -1.43. The maximum Gasteiger partial charge on any atom is 0.340 e. The van der Waals surface area contributed by atoms with Crippen molar-refractivity contribution in [3.05, 3.63) is 193 Å². The van der Waals surface area contributed by atoms with Crippen LogP contribution in [0.2, 0.25) is 0 Å². The molecule has 2 fully saturated rings. The van der Waals surface area contributed by atoms with E-state index in [1.54, 1.807) is 19.1 Å². The molecule has 0 saturated heterocycles. The van der Waals surface area contributed by atoms with Gasteiger partial charge < -0.3 is 43.8 Å². The van der Waals surface area contributed by atoms with Gasteiger partial charge in [0.25, 0.3) is 0 Å². The van der Waals surface area contributed by atoms with E-state index in [2.05, 4.69) is 115 Å². The van der Waals surface area contributed by atoms with Crippen molar-refractivity contribution in [2.45, 2.75) is 138 Å². The first-order chi connectivity index (χ1) is 40.1. The fourth-order valence-electron chi connectivity index (χ4n) is 16.7. The van der Waals surface area contributed by atoms with Crippen molar-refractivity contribution in [3.63, 3.8) is 0 Å². The molecular formula is C70H74O12. The number of aryl methyl sites for hydroxylation is 1. The molecular weight excluding hydrogens is 1030 g/mol. The molecule has 12 nitrogen and oxygen atoms in total. The number of aliphatic hydroxyl groups is 4. The van der Waals surface area contributed by atoms with Crippen molar-refractivity contribution in [3.8, 4) is 5.75 Å². The lowest BCUT2D eigenvalue weighted by atomic mass is 9.49. The summed E-state index contributed by atoms with van der Waals surface area (Å²) in [5.41, 5.74) is 7.69. The summed E-state index contributed by atoms with van der Waals surface area (Å²) in [5, 5.41) is 42.0. The van der Waals surface area contributed by atoms with E-state index in [0.717, 1.165) is 49.7 Å². The highest BCUT2D eigenvalue weighted by atomic mass is 16.6. The summed E-state index contributed by atoms with van der Waals surface area (Å²) in [6, 6.07) is 27.8. The van der Waals surface area contributed by atoms with Crippen LogP contribution in [0.5, 0.6) is 5.75 Å². The van der Waals surface area contributed by atoms with Gasteiger partial charge in [0.1, 0.15) is 18.1 Å². The second kappa shape index (κ2) is 22.5. The van der Waals surface area contributed by atoms with Gasteiger partial charge in [-0.3, -0.25) is 4.79 Å². The molecule has 5 aromatic rings. The summed E-state index contributed by atoms with van der Waals surface area (Å²) >= 11 is 0. The van der Waals surface area contributed by atoms with E-state index in [-0.39, 0.29) is 96.4 Å². The predicted molar refractivity (Wildman–Crippen MR) is 312 cm³/mol. The van der Waals surface area contributed by atoms with Gasteiger partial charge in [-0.1, -0.05) is 135 Å². The third kappa shape index (κ3) is 9.10. The number of fused-ring (bicyclic) bond motifs is 15. The standard InChI is InChI=1S/C70H74O12/c1-41(37-72)51-27-20-42-18-21-43(22-19-42)52-28-24-46(53-14-7-17-59-54(53)29-26-50-13-6-12-49-25-23-45-10-3-5-16-58(45)70(49,50)59)35-48(52)36-61(75)79-65-63-60(82-69(66(65)81-67(51)76)33-8-11-44-9-2-4-15-57(44)69)31-30-55-56(38-73)62(68(77)80-64(55)63)47(32-34-71)39-78-40-74/h3,5,7-8,10-11,14,16-19,21-26,28-31,44,46-50,52,57,65-66,71-74H,2,4,6,9,12-13,15,20,27,32-40H2,1H3. The number of rotatable bonds is 9. The van der Waals surface area contributed by atoms with Gasteiger partial charge in [-0.15, -0.1) is 0 Å². The average molecular weight is 1110 g/mol. The number of carbonyl (C=O) groups is 2. The minimum Gasteiger partial charge on any atom is -0.482 e. The first-order valence-corrected chi connectivity index (χ1v) is 30.0. The van der Waals surface area contributed by atoms with E-state index in [0.29, 0.717) is 53.4 Å². The van der Waals surface area contributed by atoms with Crippen LogP contribution in [-0.2, 0) is 42.2 Å². The largest absolute Gasteiger partial charge is 0.482 e. The molecule has 14 rings (SSSR count). The van der Waals surface area contributed by atoms with Crippen molar-refractivity contribution in [1.82, 2.24) is 0 Å². The molecule has 3 aliphatic heterocycles. The van der Waals surface area contributed by atoms with Crippen molar-refractivity contribution < 1.29 is 53.4 Å². The molecule has 12 unspecified atom stereocenters. The molecule has 12 heteroatoms. The van der Waals surface area contributed by atoms with E-state index in [1.807, 2.05) is 0 Å². The number of benzene rings is 4. The Hall–Kier alpha value is -6.67. The third-order valence-electron chi connectivity index (χ3n) is 20.4. The van der Waals surface area contributed by atoms with Gasteiger partial charge in [-0.05, 0) is 144 Å². The first-order valence-electron chi connectivity index (χ1n) is 30.0. The molecule has 6 aliphatic carbocycles. The number of hydrogen-bond donors (Lipinski definition) is 4. The normalized spacial score (nSPS) is 30.8. The second-order valence-electron chi connectivity index (χ2n) is 24.5. The fraction of sp³-hybridized carbons (Fsp3) is 0.443. The first kappa shape index (κ1) is 54.6. The van der Waals surface area contributed by atoms with Gasteiger partial charge in [-0.2, -0.15) is 0 Å². The van der Waals surface area contributed by atoms with Gasteiger partial charge in [0, 0.05) is 65.1 Å². The lowest BCUT2D eigenvalue weighted by Crippen LogP contribution is -2.62. The van der Waals surface area contributed by atoms with E-state index >= 15 is 9.59 Å². The molecule has 0 amide bonds. The van der Waals surface area contributed by atoms with Crippen molar-refractivity contribution in [2.24, 2.45) is 29.6 Å². The number of allylic oxidation sites excluding steroid dienone is 5. The quantitative estimate of drug-likeness (QED) is 0.0361. The predicted octanol–water partition coefficient (Wildman–Crippen LogP) is 11.7. The van der Waals surface area contributed by atoms with Crippen LogP contribution < -0.4 is 10.4 Å². The molecule has 2 saturated carbocycles. The number of ether oxygens (including phenoxy) is 4. The minimum absolute atomic E-state index is 0.0000860. The Morgan fingerprint density at radius 2 is 1.60 bits per heavy atom. The Morgan fingerprint density at radius 3 is 2.40 bits per heavy atom. The summed E-state index contributed by atoms with van der Waals surface area (Å²) in [7, 11) is 0. The fourth-order valence-corrected chi connectivity index (χ4v) is 16.7. The van der Waals surface area contributed by atoms with Gasteiger partial charge in [0.05, 0.1) is 25.4 Å². The molecule has 4 N–H and O–H groups in total. The smallest absolute Gasteiger partial charge is 0.340 e. The number of aliphatic hydroxyl groups excluding tert-OH is 4. The third-order valence-corrected chi connectivity index (χ3v) is 20.4. The molecule has 1 aromatic heterocycles. The summed E-state index contributed by atoms with van der Waals surface area (Å²) < 4.78 is 33.2. The van der Waals surface area contributed by atoms with Crippen molar-refractivity contribution >= 4 is 35.1 Å². The van der Waals surface area contributed by atoms with E-state index in [1.165, 1.54) is 34.2 Å². The van der Waals surface area contributed by atoms with Gasteiger partial charge in [0.2, 0.25) is 0 Å². The van der Waals surface area contributed by atoms with Gasteiger partial charge in [0.15, 0.2) is 17.8 Å². The zero-order valence-corrected chi connectivity index (χ0v) is 46.7. The average Bonchev–Trinajstić information content (AvgIpc) is 3.63. The number of carbonyl (C=O) groups excluding carboxylic acids is 2. The van der Waals surface area contributed by atoms with Crippen LogP contribution in [0, 0.1) is 29.6 Å². The summed E-state index contributed by atoms with van der Waals surface area (Å²) in [6.45, 7) is -0.305. The molecule has 4 aromatic carbocycles. The molecule has 0 radical (unpaired) electrons. The zero-order valence-electron chi connectivity index (χ0n) is 46.7. The summed E-state index contributed by atoms with van der Waals surface area (Å²) in [4.78, 5) is 45.6. The maximum atomic E-state index is 15.8. The second-order valence-corrected chi connectivity index (χ2v) is 24.5. The van der Waals surface area contributed by atoms with Crippen LogP contribution in [0.15, 0.2) is 136 Å². The Bertz CT molecular complexity index is 3510. The van der Waals surface area contributed by atoms with E-state index in [4.69, 9.17) is 23.4 Å². The Kier molecular flexibility index (Phi) is 15.0. The van der Waals surface area contributed by atoms with Gasteiger partial charge in [-0.25, -0.2) is 9.59 Å². The highest BCUT2D eigenvalue weighted by Gasteiger charge is 2.61. The molecule has 9 aliphatic rings. The van der Waals surface area contributed by atoms with E-state index < -0.39 is 54.7 Å². The van der Waals surface area contributed by atoms with Crippen LogP contribution in [0.3, 0.4) is 0 Å². The molecule has 2 spiro atoms. The molecule has 4 heterocycles. The minimum atomic E-state index is -1.37. The Morgan fingerprint density at radius 1 is 0.793 bits per heavy atom. The van der Waals surface area contributed by atoms with Crippen LogP contribution in [0.1, 0.15) is 163 Å². The monoisotopic (exact) mass is 1110 g/mol. The Balaban J connectivity index is 0.957. The number of hydrogen-bond acceptors (Lipinski definition) is 12. The SMILES string of the molecule is CC(CO)=C1CCc2ccc(cc2)C2C=CC(c3cccc4c3C=CC3CCCC5C=Cc6ccccc6C453)CC2CC(=O)OC2c3c(ccc4c(CO)c(C(CCO)COCO)c(=O)oc34)OC3(CC=CC4CCCCC43)C2OC1=O. The Labute approximate surface area is 478 Å². The lowest BCUT2D eigenvalue weighted by molar-refractivity contribution is -0.208. The van der Waals surface area contributed by atoms with Crippen LogP contribution in [0.25, 0.3) is 23.1 Å². The van der Waals surface area contributed by atoms with Crippen LogP contribution in [0.4, 0.5) is 0 Å². The molecule has 12 atom stereocenters. The van der Waals surface area contributed by atoms with Crippen molar-refractivity contribution in [2.75, 3.05) is 26.6 Å². The molecule has 426 valence electrons. The topological polar surface area (TPSA) is 182 Å². The molecule has 2 bridgehead atoms. The maximum absolute atomic E-state index is 15.8. The van der Waals surface area contributed by atoms with Crippen molar-refractivity contribution in [1.29, 1.82) is 0 Å².